The SMILES string of the molecule is Cl.Nc1ncnc2c1ncn2[C@@H]1O[C@H](CN(CC[C@H](N)C(=O)O)Cc2ccc3ccccc3c2)[C@H](O)C1O. The molecule has 7 N–H and O–H groups in total. The number of halogens is 1. The van der Waals surface area contributed by atoms with Crippen LogP contribution in [0.2, 0.25) is 0 Å². The highest BCUT2D eigenvalue weighted by molar-refractivity contribution is 5.85. The third-order valence-corrected chi connectivity index (χ3v) is 6.73. The van der Waals surface area contributed by atoms with Crippen molar-refractivity contribution in [2.45, 2.75) is 43.5 Å². The Bertz CT molecular complexity index is 1420. The summed E-state index contributed by atoms with van der Waals surface area (Å²) in [6, 6.07) is 13.1. The first-order valence-corrected chi connectivity index (χ1v) is 11.9. The predicted octanol–water partition coefficient (Wildman–Crippen LogP) is 0.907. The van der Waals surface area contributed by atoms with E-state index in [0.29, 0.717) is 24.3 Å². The molecule has 0 bridgehead atoms. The zero-order valence-corrected chi connectivity index (χ0v) is 21.2. The number of aliphatic hydroxyl groups is 2. The fourth-order valence-electron chi connectivity index (χ4n) is 4.70. The maximum Gasteiger partial charge on any atom is 0.320 e. The van der Waals surface area contributed by atoms with Crippen LogP contribution in [0.3, 0.4) is 0 Å². The molecule has 1 fully saturated rings. The van der Waals surface area contributed by atoms with Crippen molar-refractivity contribution in [3.8, 4) is 0 Å². The highest BCUT2D eigenvalue weighted by Gasteiger charge is 2.45. The number of carboxylic acids is 1. The van der Waals surface area contributed by atoms with Gasteiger partial charge in [0.05, 0.1) is 6.33 Å². The fourth-order valence-corrected chi connectivity index (χ4v) is 4.70. The minimum absolute atomic E-state index is 0. The number of aromatic nitrogens is 4. The first-order chi connectivity index (χ1) is 17.8. The molecule has 0 amide bonds. The van der Waals surface area contributed by atoms with Gasteiger partial charge in [-0.3, -0.25) is 14.3 Å². The van der Waals surface area contributed by atoms with Crippen LogP contribution in [0.5, 0.6) is 0 Å². The molecular weight excluding hydrogens is 514 g/mol. The van der Waals surface area contributed by atoms with E-state index in [9.17, 15) is 20.1 Å². The molecule has 5 rings (SSSR count). The molecule has 1 saturated heterocycles. The van der Waals surface area contributed by atoms with E-state index in [0.717, 1.165) is 16.3 Å². The van der Waals surface area contributed by atoms with E-state index in [2.05, 4.69) is 21.0 Å². The topological polar surface area (TPSA) is 186 Å². The van der Waals surface area contributed by atoms with Gasteiger partial charge in [-0.25, -0.2) is 15.0 Å². The van der Waals surface area contributed by atoms with Crippen LogP contribution >= 0.6 is 12.4 Å². The minimum atomic E-state index is -1.25. The molecule has 2 aromatic heterocycles. The number of carbonyl (C=O) groups is 1. The first kappa shape index (κ1) is 27.6. The second kappa shape index (κ2) is 11.6. The molecule has 202 valence electrons. The molecule has 3 heterocycles. The molecule has 2 aromatic carbocycles. The highest BCUT2D eigenvalue weighted by atomic mass is 35.5. The average Bonchev–Trinajstić information content (AvgIpc) is 3.44. The van der Waals surface area contributed by atoms with Gasteiger partial charge < -0.3 is 31.5 Å². The molecule has 0 aliphatic carbocycles. The molecule has 0 spiro atoms. The predicted molar refractivity (Wildman–Crippen MR) is 142 cm³/mol. The van der Waals surface area contributed by atoms with Gasteiger partial charge in [0.25, 0.3) is 0 Å². The van der Waals surface area contributed by atoms with Gasteiger partial charge in [-0.1, -0.05) is 36.4 Å². The first-order valence-electron chi connectivity index (χ1n) is 11.9. The molecule has 1 unspecified atom stereocenters. The normalized spacial score (nSPS) is 22.1. The largest absolute Gasteiger partial charge is 0.480 e. The molecule has 1 aliphatic heterocycles. The molecule has 13 heteroatoms. The number of hydrogen-bond donors (Lipinski definition) is 5. The second-order valence-corrected chi connectivity index (χ2v) is 9.28. The number of fused-ring (bicyclic) bond motifs is 2. The number of imidazole rings is 1. The van der Waals surface area contributed by atoms with Gasteiger partial charge in [-0.05, 0) is 28.8 Å². The fraction of sp³-hybridized carbons (Fsp3) is 0.360. The van der Waals surface area contributed by atoms with Crippen molar-refractivity contribution in [3.05, 3.63) is 60.7 Å². The van der Waals surface area contributed by atoms with Crippen LogP contribution in [-0.2, 0) is 16.1 Å². The summed E-state index contributed by atoms with van der Waals surface area (Å²) in [5, 5.41) is 33.1. The van der Waals surface area contributed by atoms with Gasteiger partial charge in [-0.2, -0.15) is 0 Å². The number of nitrogens with zero attached hydrogens (tertiary/aromatic N) is 5. The Morgan fingerprint density at radius 3 is 2.63 bits per heavy atom. The van der Waals surface area contributed by atoms with Crippen LogP contribution in [0, 0.1) is 0 Å². The van der Waals surface area contributed by atoms with Crippen LogP contribution in [0.1, 0.15) is 18.2 Å². The summed E-state index contributed by atoms with van der Waals surface area (Å²) >= 11 is 0. The Hall–Kier alpha value is -3.39. The van der Waals surface area contributed by atoms with E-state index in [4.69, 9.17) is 16.2 Å². The van der Waals surface area contributed by atoms with E-state index < -0.39 is 36.6 Å². The van der Waals surface area contributed by atoms with Crippen molar-refractivity contribution in [3.63, 3.8) is 0 Å². The third kappa shape index (κ3) is 5.55. The average molecular weight is 544 g/mol. The number of ether oxygens (including phenoxy) is 1. The molecule has 0 saturated carbocycles. The molecule has 12 nitrogen and oxygen atoms in total. The van der Waals surface area contributed by atoms with Crippen LogP contribution < -0.4 is 11.5 Å². The van der Waals surface area contributed by atoms with Gasteiger partial charge in [0, 0.05) is 19.6 Å². The van der Waals surface area contributed by atoms with Gasteiger partial charge >= 0.3 is 5.97 Å². The summed E-state index contributed by atoms with van der Waals surface area (Å²) in [4.78, 5) is 25.6. The summed E-state index contributed by atoms with van der Waals surface area (Å²) < 4.78 is 7.63. The Balaban J connectivity index is 0.00000336. The number of benzene rings is 2. The van der Waals surface area contributed by atoms with E-state index in [1.807, 2.05) is 41.3 Å². The van der Waals surface area contributed by atoms with Gasteiger partial charge in [0.2, 0.25) is 0 Å². The Morgan fingerprint density at radius 2 is 1.87 bits per heavy atom. The number of anilines is 1. The number of aliphatic carboxylic acids is 1. The number of nitrogens with two attached hydrogens (primary N) is 2. The third-order valence-electron chi connectivity index (χ3n) is 6.73. The van der Waals surface area contributed by atoms with Crippen LogP contribution in [-0.4, -0.2) is 83.2 Å². The molecule has 4 aromatic rings. The maximum atomic E-state index is 11.3. The number of carboxylic acid groups (broad SMARTS) is 1. The maximum absolute atomic E-state index is 11.3. The monoisotopic (exact) mass is 543 g/mol. The summed E-state index contributed by atoms with van der Waals surface area (Å²) in [5.41, 5.74) is 13.4. The second-order valence-electron chi connectivity index (χ2n) is 9.28. The van der Waals surface area contributed by atoms with Crippen LogP contribution in [0.15, 0.2) is 55.1 Å². The molecule has 1 aliphatic rings. The van der Waals surface area contributed by atoms with E-state index >= 15 is 0 Å². The Kier molecular flexibility index (Phi) is 8.41. The van der Waals surface area contributed by atoms with Gasteiger partial charge in [-0.15, -0.1) is 12.4 Å². The number of rotatable bonds is 9. The smallest absolute Gasteiger partial charge is 0.320 e. The lowest BCUT2D eigenvalue weighted by atomic mass is 10.1. The lowest BCUT2D eigenvalue weighted by Crippen LogP contribution is -2.42. The van der Waals surface area contributed by atoms with Crippen molar-refractivity contribution in [2.24, 2.45) is 5.73 Å². The van der Waals surface area contributed by atoms with E-state index in [-0.39, 0.29) is 31.2 Å². The molecule has 5 atom stereocenters. The Labute approximate surface area is 224 Å². The van der Waals surface area contributed by atoms with Crippen molar-refractivity contribution in [2.75, 3.05) is 18.8 Å². The van der Waals surface area contributed by atoms with E-state index in [1.54, 1.807) is 0 Å². The summed E-state index contributed by atoms with van der Waals surface area (Å²) in [7, 11) is 0. The lowest BCUT2D eigenvalue weighted by Gasteiger charge is -2.27. The summed E-state index contributed by atoms with van der Waals surface area (Å²) in [5.74, 6) is -0.879. The number of hydrogen-bond acceptors (Lipinski definition) is 10. The molecular formula is C25H30ClN7O5. The van der Waals surface area contributed by atoms with E-state index in [1.165, 1.54) is 17.2 Å². The highest BCUT2D eigenvalue weighted by Crippen LogP contribution is 2.32. The van der Waals surface area contributed by atoms with Crippen LogP contribution in [0.4, 0.5) is 5.82 Å². The Morgan fingerprint density at radius 1 is 1.11 bits per heavy atom. The van der Waals surface area contributed by atoms with Crippen LogP contribution in [0.25, 0.3) is 21.9 Å². The molecule has 38 heavy (non-hydrogen) atoms. The minimum Gasteiger partial charge on any atom is -0.480 e. The molecule has 0 radical (unpaired) electrons. The van der Waals surface area contributed by atoms with Gasteiger partial charge in [0.1, 0.15) is 36.2 Å². The van der Waals surface area contributed by atoms with Crippen molar-refractivity contribution < 1.29 is 24.9 Å². The van der Waals surface area contributed by atoms with Crippen molar-refractivity contribution in [1.29, 1.82) is 0 Å². The zero-order valence-electron chi connectivity index (χ0n) is 20.4. The zero-order chi connectivity index (χ0) is 26.1. The summed E-state index contributed by atoms with van der Waals surface area (Å²) in [6.07, 6.45) is -1.21. The lowest BCUT2D eigenvalue weighted by molar-refractivity contribution is -0.138. The van der Waals surface area contributed by atoms with Crippen molar-refractivity contribution >= 4 is 46.1 Å². The number of aliphatic hydroxyl groups excluding tert-OH is 2. The number of nitrogen functional groups attached to an aromatic ring is 1. The summed E-state index contributed by atoms with van der Waals surface area (Å²) in [6.45, 7) is 1.06. The quantitative estimate of drug-likeness (QED) is 0.202. The van der Waals surface area contributed by atoms with Crippen molar-refractivity contribution in [1.82, 2.24) is 24.4 Å². The van der Waals surface area contributed by atoms with Gasteiger partial charge in [0.15, 0.2) is 17.7 Å². The standard InChI is InChI=1S/C25H29N7O5.ClH/c26-17(25(35)36)7-8-31(10-14-5-6-15-3-1-2-4-16(15)9-14)11-18-20(33)21(34)24(37-18)32-13-30-19-22(27)28-12-29-23(19)32;/h1-6,9,12-13,17-18,20-21,24,33-34H,7-8,10-11,26H2,(H,35,36)(H2,27,28,29);1H/t17-,18+,20-,21?,24+;/m0./s1.